The molecule has 3 heteroatoms. The molecule has 0 unspecified atom stereocenters. The molecule has 0 heterocycles. The largest absolute Gasteiger partial charge is 0.460 e. The van der Waals surface area contributed by atoms with Gasteiger partial charge in [-0.15, -0.1) is 0 Å². The smallest absolute Gasteiger partial charge is 0.379 e. The molecule has 16 heavy (non-hydrogen) atoms. The van der Waals surface area contributed by atoms with Gasteiger partial charge in [-0.2, -0.15) is 0 Å². The van der Waals surface area contributed by atoms with E-state index in [1.807, 2.05) is 13.0 Å². The number of rotatable bonds is 4. The van der Waals surface area contributed by atoms with Crippen LogP contribution in [0.2, 0.25) is 0 Å². The van der Waals surface area contributed by atoms with Crippen LogP contribution in [-0.2, 0) is 9.53 Å². The summed E-state index contributed by atoms with van der Waals surface area (Å²) in [7, 11) is 0. The van der Waals surface area contributed by atoms with Crippen molar-refractivity contribution in [2.45, 2.75) is 13.8 Å². The molecule has 0 bridgehead atoms. The second-order valence-electron chi connectivity index (χ2n) is 3.41. The van der Waals surface area contributed by atoms with Crippen LogP contribution in [0.1, 0.15) is 29.8 Å². The van der Waals surface area contributed by atoms with E-state index in [0.717, 1.165) is 11.1 Å². The summed E-state index contributed by atoms with van der Waals surface area (Å²) in [5.74, 6) is -1.44. The Hall–Kier alpha value is -1.90. The SMILES string of the molecule is C=C(C)c1cccc(C(=O)C(=O)OCC)c1. The first-order valence-electron chi connectivity index (χ1n) is 5.03. The molecule has 0 amide bonds. The molecule has 1 rings (SSSR count). The lowest BCUT2D eigenvalue weighted by molar-refractivity contribution is -0.137. The third-order valence-electron chi connectivity index (χ3n) is 2.08. The van der Waals surface area contributed by atoms with Crippen LogP contribution >= 0.6 is 0 Å². The Labute approximate surface area is 94.7 Å². The maximum atomic E-state index is 11.6. The third kappa shape index (κ3) is 2.79. The molecule has 1 aromatic carbocycles. The van der Waals surface area contributed by atoms with Crippen molar-refractivity contribution in [1.29, 1.82) is 0 Å². The van der Waals surface area contributed by atoms with Crippen molar-refractivity contribution in [1.82, 2.24) is 0 Å². The first-order chi connectivity index (χ1) is 7.56. The zero-order valence-electron chi connectivity index (χ0n) is 9.45. The zero-order chi connectivity index (χ0) is 12.1. The van der Waals surface area contributed by atoms with Gasteiger partial charge in [0.25, 0.3) is 5.78 Å². The quantitative estimate of drug-likeness (QED) is 0.443. The second kappa shape index (κ2) is 5.26. The number of carbonyl (C=O) groups excluding carboxylic acids is 2. The maximum absolute atomic E-state index is 11.6. The fourth-order valence-electron chi connectivity index (χ4n) is 1.24. The van der Waals surface area contributed by atoms with Crippen molar-refractivity contribution in [2.75, 3.05) is 6.61 Å². The van der Waals surface area contributed by atoms with Gasteiger partial charge in [0.2, 0.25) is 0 Å². The van der Waals surface area contributed by atoms with Gasteiger partial charge in [0.1, 0.15) is 0 Å². The van der Waals surface area contributed by atoms with Gasteiger partial charge in [-0.25, -0.2) is 4.79 Å². The minimum atomic E-state index is -0.818. The fourth-order valence-corrected chi connectivity index (χ4v) is 1.24. The first-order valence-corrected chi connectivity index (χ1v) is 5.03. The summed E-state index contributed by atoms with van der Waals surface area (Å²) in [6.45, 7) is 7.48. The van der Waals surface area contributed by atoms with Crippen molar-refractivity contribution in [3.05, 3.63) is 42.0 Å². The number of allylic oxidation sites excluding steroid dienone is 1. The number of carbonyl (C=O) groups is 2. The molecule has 0 spiro atoms. The highest BCUT2D eigenvalue weighted by Crippen LogP contribution is 2.14. The van der Waals surface area contributed by atoms with Crippen molar-refractivity contribution < 1.29 is 14.3 Å². The predicted molar refractivity (Wildman–Crippen MR) is 62.1 cm³/mol. The number of Topliss-reactive ketones (excluding diaryl/α,β-unsaturated/α-hetero) is 1. The van der Waals surface area contributed by atoms with Crippen LogP contribution in [0.4, 0.5) is 0 Å². The summed E-state index contributed by atoms with van der Waals surface area (Å²) in [6.07, 6.45) is 0. The predicted octanol–water partition coefficient (Wildman–Crippen LogP) is 2.47. The lowest BCUT2D eigenvalue weighted by Crippen LogP contribution is -2.17. The summed E-state index contributed by atoms with van der Waals surface area (Å²) in [5, 5.41) is 0. The van der Waals surface area contributed by atoms with E-state index in [4.69, 9.17) is 0 Å². The Balaban J connectivity index is 2.96. The van der Waals surface area contributed by atoms with Crippen molar-refractivity contribution in [3.8, 4) is 0 Å². The van der Waals surface area contributed by atoms with Crippen molar-refractivity contribution in [3.63, 3.8) is 0 Å². The van der Waals surface area contributed by atoms with E-state index in [1.165, 1.54) is 0 Å². The molecule has 0 N–H and O–H groups in total. The Kier molecular flexibility index (Phi) is 4.00. The molecule has 1 aromatic rings. The monoisotopic (exact) mass is 218 g/mol. The van der Waals surface area contributed by atoms with Crippen LogP contribution in [0.5, 0.6) is 0 Å². The van der Waals surface area contributed by atoms with Crippen molar-refractivity contribution >= 4 is 17.3 Å². The maximum Gasteiger partial charge on any atom is 0.379 e. The van der Waals surface area contributed by atoms with Gasteiger partial charge in [-0.05, 0) is 25.5 Å². The minimum absolute atomic E-state index is 0.199. The highest BCUT2D eigenvalue weighted by atomic mass is 16.5. The first kappa shape index (κ1) is 12.2. The fraction of sp³-hybridized carbons (Fsp3) is 0.231. The summed E-state index contributed by atoms with van der Waals surface area (Å²) < 4.78 is 4.65. The number of hydrogen-bond donors (Lipinski definition) is 0. The van der Waals surface area contributed by atoms with E-state index in [9.17, 15) is 9.59 Å². The molecule has 84 valence electrons. The standard InChI is InChI=1S/C13H14O3/c1-4-16-13(15)12(14)11-7-5-6-10(8-11)9(2)3/h5-8H,2,4H2,1,3H3. The molecule has 0 aliphatic heterocycles. The number of benzene rings is 1. The Bertz CT molecular complexity index is 433. The van der Waals surface area contributed by atoms with Gasteiger partial charge in [0.15, 0.2) is 0 Å². The Morgan fingerprint density at radius 2 is 1.94 bits per heavy atom. The van der Waals surface area contributed by atoms with Gasteiger partial charge in [-0.3, -0.25) is 4.79 Å². The zero-order valence-corrected chi connectivity index (χ0v) is 9.45. The van der Waals surface area contributed by atoms with Gasteiger partial charge in [-0.1, -0.05) is 30.4 Å². The Morgan fingerprint density at radius 1 is 1.31 bits per heavy atom. The molecule has 0 aliphatic carbocycles. The normalized spacial score (nSPS) is 9.62. The van der Waals surface area contributed by atoms with Crippen LogP contribution in [0.25, 0.3) is 5.57 Å². The number of ether oxygens (including phenoxy) is 1. The lowest BCUT2D eigenvalue weighted by atomic mass is 10.0. The average Bonchev–Trinajstić information content (AvgIpc) is 2.28. The average molecular weight is 218 g/mol. The van der Waals surface area contributed by atoms with Gasteiger partial charge < -0.3 is 4.74 Å². The molecule has 0 aromatic heterocycles. The lowest BCUT2D eigenvalue weighted by Gasteiger charge is -2.03. The molecular weight excluding hydrogens is 204 g/mol. The molecular formula is C13H14O3. The van der Waals surface area contributed by atoms with Crippen LogP contribution in [0.3, 0.4) is 0 Å². The summed E-state index contributed by atoms with van der Waals surface area (Å²) in [5.41, 5.74) is 2.02. The van der Waals surface area contributed by atoms with Crippen molar-refractivity contribution in [2.24, 2.45) is 0 Å². The second-order valence-corrected chi connectivity index (χ2v) is 3.41. The van der Waals surface area contributed by atoms with E-state index < -0.39 is 11.8 Å². The minimum Gasteiger partial charge on any atom is -0.460 e. The number of ketones is 1. The van der Waals surface area contributed by atoms with E-state index >= 15 is 0 Å². The molecule has 0 aliphatic rings. The molecule has 0 saturated heterocycles. The highest BCUT2D eigenvalue weighted by molar-refractivity contribution is 6.40. The van der Waals surface area contributed by atoms with Crippen LogP contribution < -0.4 is 0 Å². The third-order valence-corrected chi connectivity index (χ3v) is 2.08. The number of hydrogen-bond acceptors (Lipinski definition) is 3. The summed E-state index contributed by atoms with van der Waals surface area (Å²) in [6, 6.07) is 6.79. The van der Waals surface area contributed by atoms with Crippen LogP contribution in [-0.4, -0.2) is 18.4 Å². The molecule has 0 saturated carbocycles. The number of esters is 1. The van der Waals surface area contributed by atoms with E-state index in [0.29, 0.717) is 5.56 Å². The van der Waals surface area contributed by atoms with Gasteiger partial charge in [0.05, 0.1) is 6.61 Å². The molecule has 0 radical (unpaired) electrons. The molecule has 0 atom stereocenters. The molecule has 3 nitrogen and oxygen atoms in total. The highest BCUT2D eigenvalue weighted by Gasteiger charge is 2.17. The van der Waals surface area contributed by atoms with Gasteiger partial charge >= 0.3 is 5.97 Å². The molecule has 0 fully saturated rings. The topological polar surface area (TPSA) is 43.4 Å². The van der Waals surface area contributed by atoms with Crippen LogP contribution in [0.15, 0.2) is 30.8 Å². The van der Waals surface area contributed by atoms with Gasteiger partial charge in [0, 0.05) is 5.56 Å². The van der Waals surface area contributed by atoms with Crippen LogP contribution in [0, 0.1) is 0 Å². The summed E-state index contributed by atoms with van der Waals surface area (Å²) in [4.78, 5) is 22.8. The van der Waals surface area contributed by atoms with E-state index in [-0.39, 0.29) is 6.61 Å². The summed E-state index contributed by atoms with van der Waals surface area (Å²) >= 11 is 0. The van der Waals surface area contributed by atoms with E-state index in [1.54, 1.807) is 25.1 Å². The Morgan fingerprint density at radius 3 is 2.50 bits per heavy atom. The van der Waals surface area contributed by atoms with E-state index in [2.05, 4.69) is 11.3 Å².